The number of ether oxygens (including phenoxy) is 2. The van der Waals surface area contributed by atoms with Gasteiger partial charge in [0.2, 0.25) is 10.0 Å². The largest absolute Gasteiger partial charge is 0.493 e. The number of hydrogen-bond acceptors (Lipinski definition) is 7. The number of rotatable bonds is 6. The Kier molecular flexibility index (Phi) is 6.13. The number of sulfonamides is 1. The van der Waals surface area contributed by atoms with Crippen molar-refractivity contribution in [1.29, 1.82) is 0 Å². The lowest BCUT2D eigenvalue weighted by atomic mass is 10.1. The van der Waals surface area contributed by atoms with Crippen LogP contribution in [0.15, 0.2) is 27.6 Å². The molecule has 9 nitrogen and oxygen atoms in total. The van der Waals surface area contributed by atoms with Gasteiger partial charge in [-0.1, -0.05) is 5.16 Å². The van der Waals surface area contributed by atoms with E-state index in [0.717, 1.165) is 0 Å². The van der Waals surface area contributed by atoms with Gasteiger partial charge in [0.05, 0.1) is 13.7 Å². The second-order valence-corrected chi connectivity index (χ2v) is 8.52. The van der Waals surface area contributed by atoms with Gasteiger partial charge in [-0.25, -0.2) is 8.42 Å². The van der Waals surface area contributed by atoms with Gasteiger partial charge in [-0.3, -0.25) is 4.79 Å². The number of methoxy groups -OCH3 is 1. The number of aromatic nitrogens is 1. The van der Waals surface area contributed by atoms with Crippen molar-refractivity contribution in [2.75, 3.05) is 39.9 Å². The van der Waals surface area contributed by atoms with Crippen LogP contribution in [-0.2, 0) is 10.0 Å². The fourth-order valence-electron chi connectivity index (χ4n) is 3.36. The molecule has 1 aromatic heterocycles. The van der Waals surface area contributed by atoms with Gasteiger partial charge in [0.1, 0.15) is 10.6 Å². The van der Waals surface area contributed by atoms with Crippen LogP contribution in [0.2, 0.25) is 0 Å². The summed E-state index contributed by atoms with van der Waals surface area (Å²) in [7, 11) is -2.20. The smallest absolute Gasteiger partial charge is 0.254 e. The van der Waals surface area contributed by atoms with Crippen LogP contribution in [0.1, 0.15) is 28.7 Å². The van der Waals surface area contributed by atoms with Crippen molar-refractivity contribution < 1.29 is 27.2 Å². The topological polar surface area (TPSA) is 102 Å². The first kappa shape index (κ1) is 21.1. The van der Waals surface area contributed by atoms with Gasteiger partial charge in [-0.15, -0.1) is 0 Å². The predicted octanol–water partition coefficient (Wildman–Crippen LogP) is 1.85. The van der Waals surface area contributed by atoms with Crippen molar-refractivity contribution in [3.8, 4) is 11.5 Å². The number of carbonyl (C=O) groups excluding carboxylic acids is 1. The Morgan fingerprint density at radius 1 is 1.17 bits per heavy atom. The fraction of sp³-hybridized carbons (Fsp3) is 0.474. The molecule has 158 valence electrons. The number of piperazine rings is 1. The van der Waals surface area contributed by atoms with E-state index in [4.69, 9.17) is 14.0 Å². The molecule has 3 rings (SSSR count). The van der Waals surface area contributed by atoms with Gasteiger partial charge < -0.3 is 18.9 Å². The van der Waals surface area contributed by atoms with Crippen LogP contribution in [0.3, 0.4) is 0 Å². The summed E-state index contributed by atoms with van der Waals surface area (Å²) in [4.78, 5) is 14.6. The minimum atomic E-state index is -3.71. The van der Waals surface area contributed by atoms with E-state index in [-0.39, 0.29) is 42.7 Å². The molecule has 1 amide bonds. The lowest BCUT2D eigenvalue weighted by Gasteiger charge is -2.34. The average Bonchev–Trinajstić information content (AvgIpc) is 3.07. The van der Waals surface area contributed by atoms with Crippen molar-refractivity contribution in [2.45, 2.75) is 25.7 Å². The molecule has 0 spiro atoms. The first-order valence-corrected chi connectivity index (χ1v) is 10.8. The monoisotopic (exact) mass is 423 g/mol. The fourth-order valence-corrected chi connectivity index (χ4v) is 5.07. The third-order valence-electron chi connectivity index (χ3n) is 4.80. The molecule has 0 atom stereocenters. The summed E-state index contributed by atoms with van der Waals surface area (Å²) in [5, 5.41) is 3.73. The molecular formula is C19H25N3O6S. The highest BCUT2D eigenvalue weighted by atomic mass is 32.2. The molecule has 1 fully saturated rings. The molecule has 1 aromatic carbocycles. The van der Waals surface area contributed by atoms with Crippen LogP contribution >= 0.6 is 0 Å². The Labute approximate surface area is 170 Å². The molecule has 2 aromatic rings. The molecule has 1 aliphatic rings. The molecule has 29 heavy (non-hydrogen) atoms. The summed E-state index contributed by atoms with van der Waals surface area (Å²) in [5.41, 5.74) is 0.801. The van der Waals surface area contributed by atoms with Gasteiger partial charge in [0, 0.05) is 31.7 Å². The SMILES string of the molecule is CCOc1ccc(C(=O)N2CCN(S(=O)(=O)c3c(C)noc3C)CC2)cc1OC. The minimum absolute atomic E-state index is 0.105. The zero-order valence-corrected chi connectivity index (χ0v) is 17.8. The number of carbonyl (C=O) groups is 1. The lowest BCUT2D eigenvalue weighted by molar-refractivity contribution is 0.0697. The lowest BCUT2D eigenvalue weighted by Crippen LogP contribution is -2.50. The summed E-state index contributed by atoms with van der Waals surface area (Å²) in [6.45, 7) is 6.51. The summed E-state index contributed by atoms with van der Waals surface area (Å²) in [6, 6.07) is 5.02. The molecule has 0 aliphatic carbocycles. The molecule has 2 heterocycles. The predicted molar refractivity (Wildman–Crippen MR) is 105 cm³/mol. The molecule has 1 saturated heterocycles. The summed E-state index contributed by atoms with van der Waals surface area (Å²) in [5.74, 6) is 1.14. The number of aryl methyl sites for hydroxylation is 2. The van der Waals surface area contributed by atoms with Crippen LogP contribution in [0, 0.1) is 13.8 Å². The highest BCUT2D eigenvalue weighted by molar-refractivity contribution is 7.89. The molecule has 0 bridgehead atoms. The van der Waals surface area contributed by atoms with Crippen molar-refractivity contribution in [3.63, 3.8) is 0 Å². The molecule has 0 unspecified atom stereocenters. The van der Waals surface area contributed by atoms with Crippen molar-refractivity contribution in [2.24, 2.45) is 0 Å². The molecule has 1 aliphatic heterocycles. The second-order valence-electron chi connectivity index (χ2n) is 6.65. The summed E-state index contributed by atoms with van der Waals surface area (Å²) < 4.78 is 43.0. The standard InChI is InChI=1S/C19H25N3O6S/c1-5-27-16-7-6-15(12-17(16)26-4)19(23)21-8-10-22(11-9-21)29(24,25)18-13(2)20-28-14(18)3/h6-7,12H,5,8-11H2,1-4H3. The van der Waals surface area contributed by atoms with Crippen LogP contribution in [0.25, 0.3) is 0 Å². The van der Waals surface area contributed by atoms with Crippen molar-refractivity contribution in [1.82, 2.24) is 14.4 Å². The Morgan fingerprint density at radius 2 is 1.86 bits per heavy atom. The first-order chi connectivity index (χ1) is 13.8. The van der Waals surface area contributed by atoms with Gasteiger partial charge in [0.25, 0.3) is 5.91 Å². The maximum atomic E-state index is 12.9. The molecule has 0 radical (unpaired) electrons. The van der Waals surface area contributed by atoms with E-state index in [0.29, 0.717) is 29.4 Å². The summed E-state index contributed by atoms with van der Waals surface area (Å²) in [6.07, 6.45) is 0. The third kappa shape index (κ3) is 4.08. The van der Waals surface area contributed by atoms with E-state index in [2.05, 4.69) is 5.16 Å². The second kappa shape index (κ2) is 8.42. The number of benzene rings is 1. The molecule has 0 N–H and O–H groups in total. The normalized spacial score (nSPS) is 15.4. The quantitative estimate of drug-likeness (QED) is 0.699. The minimum Gasteiger partial charge on any atom is -0.493 e. The van der Waals surface area contributed by atoms with Crippen LogP contribution in [0.5, 0.6) is 11.5 Å². The molecule has 0 saturated carbocycles. The zero-order chi connectivity index (χ0) is 21.2. The van der Waals surface area contributed by atoms with E-state index in [1.165, 1.54) is 11.4 Å². The number of hydrogen-bond donors (Lipinski definition) is 0. The number of amides is 1. The van der Waals surface area contributed by atoms with Crippen LogP contribution in [-0.4, -0.2) is 68.6 Å². The van der Waals surface area contributed by atoms with Crippen molar-refractivity contribution >= 4 is 15.9 Å². The van der Waals surface area contributed by atoms with Gasteiger partial charge in [-0.2, -0.15) is 4.31 Å². The van der Waals surface area contributed by atoms with Gasteiger partial charge in [0.15, 0.2) is 17.3 Å². The van der Waals surface area contributed by atoms with E-state index in [9.17, 15) is 13.2 Å². The average molecular weight is 423 g/mol. The summed E-state index contributed by atoms with van der Waals surface area (Å²) >= 11 is 0. The van der Waals surface area contributed by atoms with E-state index in [1.54, 1.807) is 36.9 Å². The Bertz CT molecular complexity index is 974. The first-order valence-electron chi connectivity index (χ1n) is 9.32. The maximum absolute atomic E-state index is 12.9. The highest BCUT2D eigenvalue weighted by Crippen LogP contribution is 2.29. The Morgan fingerprint density at radius 3 is 2.41 bits per heavy atom. The Hall–Kier alpha value is -2.59. The number of nitrogens with zero attached hydrogens (tertiary/aromatic N) is 3. The molecular weight excluding hydrogens is 398 g/mol. The van der Waals surface area contributed by atoms with E-state index in [1.807, 2.05) is 6.92 Å². The Balaban J connectivity index is 1.71. The highest BCUT2D eigenvalue weighted by Gasteiger charge is 2.34. The maximum Gasteiger partial charge on any atom is 0.254 e. The van der Waals surface area contributed by atoms with Crippen LogP contribution in [0.4, 0.5) is 0 Å². The van der Waals surface area contributed by atoms with E-state index >= 15 is 0 Å². The molecule has 10 heteroatoms. The van der Waals surface area contributed by atoms with Crippen LogP contribution < -0.4 is 9.47 Å². The van der Waals surface area contributed by atoms with Gasteiger partial charge >= 0.3 is 0 Å². The third-order valence-corrected chi connectivity index (χ3v) is 6.95. The van der Waals surface area contributed by atoms with Gasteiger partial charge in [-0.05, 0) is 39.0 Å². The van der Waals surface area contributed by atoms with Crippen molar-refractivity contribution in [3.05, 3.63) is 35.2 Å². The van der Waals surface area contributed by atoms with E-state index < -0.39 is 10.0 Å². The zero-order valence-electron chi connectivity index (χ0n) is 17.0.